The zero-order valence-corrected chi connectivity index (χ0v) is 13.8. The fraction of sp³-hybridized carbons (Fsp3) is 0.800. The van der Waals surface area contributed by atoms with Crippen molar-refractivity contribution >= 4 is 17.8 Å². The van der Waals surface area contributed by atoms with Crippen LogP contribution in [0.15, 0.2) is 0 Å². The average molecular weight is 325 g/mol. The predicted molar refractivity (Wildman–Crippen MR) is 85.6 cm³/mol. The molecule has 0 bridgehead atoms. The van der Waals surface area contributed by atoms with E-state index in [-0.39, 0.29) is 17.8 Å². The second-order valence-electron chi connectivity index (χ2n) is 6.24. The molecule has 2 saturated heterocycles. The number of urea groups is 1. The standard InChI is InChI=1S/C15H27N5O3/c1-2-7-17-12(21)11-19-9-4-15(5-10-19)13(22)20(8-3-6-16)14(23)18-15/h2-11,16H2,1H3,(H,17,21)(H,18,23). The Balaban J connectivity index is 1.87. The number of piperidine rings is 1. The van der Waals surface area contributed by atoms with Crippen LogP contribution >= 0.6 is 0 Å². The van der Waals surface area contributed by atoms with Crippen molar-refractivity contribution in [3.05, 3.63) is 0 Å². The number of hydrogen-bond donors (Lipinski definition) is 3. The topological polar surface area (TPSA) is 108 Å². The van der Waals surface area contributed by atoms with E-state index >= 15 is 0 Å². The number of carbonyl (C=O) groups is 3. The number of hydrogen-bond acceptors (Lipinski definition) is 5. The molecule has 130 valence electrons. The summed E-state index contributed by atoms with van der Waals surface area (Å²) in [5.74, 6) is -0.139. The lowest BCUT2D eigenvalue weighted by atomic mass is 9.87. The number of carbonyl (C=O) groups excluding carboxylic acids is 3. The van der Waals surface area contributed by atoms with Crippen molar-refractivity contribution in [1.82, 2.24) is 20.4 Å². The zero-order chi connectivity index (χ0) is 16.9. The molecule has 8 nitrogen and oxygen atoms in total. The summed E-state index contributed by atoms with van der Waals surface area (Å²) >= 11 is 0. The first-order valence-electron chi connectivity index (χ1n) is 8.35. The Labute approximate surface area is 136 Å². The molecule has 23 heavy (non-hydrogen) atoms. The Morgan fingerprint density at radius 1 is 1.35 bits per heavy atom. The lowest BCUT2D eigenvalue weighted by Gasteiger charge is -2.36. The number of amides is 4. The number of nitrogens with two attached hydrogens (primary N) is 1. The Hall–Kier alpha value is -1.67. The van der Waals surface area contributed by atoms with Crippen LogP contribution in [0.5, 0.6) is 0 Å². The van der Waals surface area contributed by atoms with Gasteiger partial charge in [-0.15, -0.1) is 0 Å². The van der Waals surface area contributed by atoms with Crippen LogP contribution < -0.4 is 16.4 Å². The molecular formula is C15H27N5O3. The van der Waals surface area contributed by atoms with E-state index in [0.717, 1.165) is 6.42 Å². The van der Waals surface area contributed by atoms with Crippen molar-refractivity contribution in [1.29, 1.82) is 0 Å². The van der Waals surface area contributed by atoms with Crippen LogP contribution in [-0.2, 0) is 9.59 Å². The number of rotatable bonds is 7. The van der Waals surface area contributed by atoms with Gasteiger partial charge >= 0.3 is 6.03 Å². The van der Waals surface area contributed by atoms with Crippen LogP contribution in [0.3, 0.4) is 0 Å². The summed E-state index contributed by atoms with van der Waals surface area (Å²) < 4.78 is 0. The summed E-state index contributed by atoms with van der Waals surface area (Å²) in [4.78, 5) is 39.7. The largest absolute Gasteiger partial charge is 0.355 e. The molecule has 8 heteroatoms. The normalized spacial score (nSPS) is 20.9. The summed E-state index contributed by atoms with van der Waals surface area (Å²) in [6, 6.07) is -0.322. The van der Waals surface area contributed by atoms with Crippen molar-refractivity contribution in [2.45, 2.75) is 38.1 Å². The Kier molecular flexibility index (Phi) is 5.95. The van der Waals surface area contributed by atoms with Crippen LogP contribution in [-0.4, -0.2) is 72.5 Å². The highest BCUT2D eigenvalue weighted by Crippen LogP contribution is 2.29. The predicted octanol–water partition coefficient (Wildman–Crippen LogP) is -0.752. The van der Waals surface area contributed by atoms with Gasteiger partial charge in [0, 0.05) is 26.2 Å². The minimum absolute atomic E-state index is 0.00848. The third-order valence-corrected chi connectivity index (χ3v) is 4.48. The molecule has 4 amide bonds. The summed E-state index contributed by atoms with van der Waals surface area (Å²) in [5, 5.41) is 5.70. The van der Waals surface area contributed by atoms with Gasteiger partial charge in [-0.2, -0.15) is 0 Å². The molecule has 0 atom stereocenters. The lowest BCUT2D eigenvalue weighted by molar-refractivity contribution is -0.133. The zero-order valence-electron chi connectivity index (χ0n) is 13.8. The number of nitrogens with zero attached hydrogens (tertiary/aromatic N) is 2. The van der Waals surface area contributed by atoms with Gasteiger partial charge in [0.1, 0.15) is 5.54 Å². The van der Waals surface area contributed by atoms with Gasteiger partial charge < -0.3 is 16.4 Å². The monoisotopic (exact) mass is 325 g/mol. The van der Waals surface area contributed by atoms with Gasteiger partial charge in [-0.1, -0.05) is 6.92 Å². The van der Waals surface area contributed by atoms with Crippen molar-refractivity contribution in [3.63, 3.8) is 0 Å². The van der Waals surface area contributed by atoms with Crippen molar-refractivity contribution in [2.24, 2.45) is 5.73 Å². The minimum Gasteiger partial charge on any atom is -0.355 e. The third kappa shape index (κ3) is 4.00. The Morgan fingerprint density at radius 2 is 2.04 bits per heavy atom. The molecule has 0 radical (unpaired) electrons. The molecule has 0 aromatic heterocycles. The van der Waals surface area contributed by atoms with E-state index in [9.17, 15) is 14.4 Å². The van der Waals surface area contributed by atoms with E-state index in [1.807, 2.05) is 11.8 Å². The first kappa shape index (κ1) is 17.7. The summed E-state index contributed by atoms with van der Waals surface area (Å²) in [7, 11) is 0. The van der Waals surface area contributed by atoms with Crippen LogP contribution in [0.2, 0.25) is 0 Å². The van der Waals surface area contributed by atoms with E-state index in [4.69, 9.17) is 5.73 Å². The maximum Gasteiger partial charge on any atom is 0.325 e. The van der Waals surface area contributed by atoms with Crippen LogP contribution in [0.1, 0.15) is 32.6 Å². The number of nitrogens with one attached hydrogen (secondary N) is 2. The summed E-state index contributed by atoms with van der Waals surface area (Å²) in [5.41, 5.74) is 4.66. The molecule has 4 N–H and O–H groups in total. The van der Waals surface area contributed by atoms with E-state index in [1.54, 1.807) is 0 Å². The van der Waals surface area contributed by atoms with Gasteiger partial charge in [-0.25, -0.2) is 4.79 Å². The number of imide groups is 1. The van der Waals surface area contributed by atoms with Crippen molar-refractivity contribution in [3.8, 4) is 0 Å². The molecule has 2 heterocycles. The highest BCUT2D eigenvalue weighted by Gasteiger charge is 2.51. The fourth-order valence-corrected chi connectivity index (χ4v) is 3.08. The second-order valence-corrected chi connectivity index (χ2v) is 6.24. The van der Waals surface area contributed by atoms with Crippen molar-refractivity contribution < 1.29 is 14.4 Å². The summed E-state index contributed by atoms with van der Waals surface area (Å²) in [6.07, 6.45) is 2.60. The van der Waals surface area contributed by atoms with Crippen molar-refractivity contribution in [2.75, 3.05) is 39.3 Å². The molecule has 0 unspecified atom stereocenters. The maximum absolute atomic E-state index is 12.6. The lowest BCUT2D eigenvalue weighted by Crippen LogP contribution is -2.56. The van der Waals surface area contributed by atoms with Gasteiger partial charge in [0.15, 0.2) is 0 Å². The van der Waals surface area contributed by atoms with Gasteiger partial charge in [0.25, 0.3) is 5.91 Å². The average Bonchev–Trinajstić information content (AvgIpc) is 2.76. The minimum atomic E-state index is -0.790. The molecule has 2 fully saturated rings. The fourth-order valence-electron chi connectivity index (χ4n) is 3.08. The Bertz CT molecular complexity index is 460. The second kappa shape index (κ2) is 7.74. The molecule has 1 spiro atoms. The number of likely N-dealkylation sites (tertiary alicyclic amines) is 1. The maximum atomic E-state index is 12.6. The van der Waals surface area contributed by atoms with Gasteiger partial charge in [0.05, 0.1) is 6.54 Å². The first-order valence-corrected chi connectivity index (χ1v) is 8.35. The van der Waals surface area contributed by atoms with Crippen LogP contribution in [0.25, 0.3) is 0 Å². The first-order chi connectivity index (χ1) is 11.0. The Morgan fingerprint density at radius 3 is 2.65 bits per heavy atom. The van der Waals surface area contributed by atoms with Gasteiger partial charge in [-0.3, -0.25) is 19.4 Å². The van der Waals surface area contributed by atoms with E-state index < -0.39 is 5.54 Å². The molecule has 0 saturated carbocycles. The molecule has 2 rings (SSSR count). The van der Waals surface area contributed by atoms with Crippen LogP contribution in [0, 0.1) is 0 Å². The molecular weight excluding hydrogens is 298 g/mol. The quantitative estimate of drug-likeness (QED) is 0.534. The molecule has 0 aromatic carbocycles. The van der Waals surface area contributed by atoms with E-state index in [1.165, 1.54) is 4.90 Å². The SMILES string of the molecule is CCCNC(=O)CN1CCC2(CC1)NC(=O)N(CCCN)C2=O. The molecule has 2 aliphatic rings. The highest BCUT2D eigenvalue weighted by molar-refractivity contribution is 6.07. The smallest absolute Gasteiger partial charge is 0.325 e. The molecule has 2 aliphatic heterocycles. The van der Waals surface area contributed by atoms with Crippen LogP contribution in [0.4, 0.5) is 4.79 Å². The third-order valence-electron chi connectivity index (χ3n) is 4.48. The van der Waals surface area contributed by atoms with E-state index in [0.29, 0.717) is 58.5 Å². The molecule has 0 aliphatic carbocycles. The summed E-state index contributed by atoms with van der Waals surface area (Å²) in [6.45, 7) is 5.09. The van der Waals surface area contributed by atoms with Gasteiger partial charge in [-0.05, 0) is 32.2 Å². The van der Waals surface area contributed by atoms with Gasteiger partial charge in [0.2, 0.25) is 5.91 Å². The van der Waals surface area contributed by atoms with E-state index in [2.05, 4.69) is 10.6 Å². The molecule has 0 aromatic rings. The highest BCUT2D eigenvalue weighted by atomic mass is 16.2.